The van der Waals surface area contributed by atoms with Gasteiger partial charge < -0.3 is 9.52 Å². The summed E-state index contributed by atoms with van der Waals surface area (Å²) in [4.78, 5) is 12.6. The third-order valence-electron chi connectivity index (χ3n) is 3.73. The maximum absolute atomic E-state index is 12.6. The van der Waals surface area contributed by atoms with E-state index in [9.17, 15) is 9.90 Å². The number of hydrogen-bond acceptors (Lipinski definition) is 3. The van der Waals surface area contributed by atoms with E-state index in [-0.39, 0.29) is 17.5 Å². The van der Waals surface area contributed by atoms with E-state index in [1.807, 2.05) is 50.2 Å². The molecule has 1 N–H and O–H groups in total. The van der Waals surface area contributed by atoms with Gasteiger partial charge in [0, 0.05) is 11.5 Å². The van der Waals surface area contributed by atoms with E-state index in [0.717, 1.165) is 5.56 Å². The van der Waals surface area contributed by atoms with Gasteiger partial charge in [-0.25, -0.2) is 0 Å². The summed E-state index contributed by atoms with van der Waals surface area (Å²) in [5, 5.41) is 10.1. The summed E-state index contributed by atoms with van der Waals surface area (Å²) in [6, 6.07) is 18.3. The molecular weight excluding hydrogens is 288 g/mol. The van der Waals surface area contributed by atoms with Gasteiger partial charge in [-0.05, 0) is 18.2 Å². The summed E-state index contributed by atoms with van der Waals surface area (Å²) in [7, 11) is 0. The Morgan fingerprint density at radius 3 is 2.30 bits per heavy atom. The molecule has 0 aliphatic rings. The molecule has 0 bridgehead atoms. The summed E-state index contributed by atoms with van der Waals surface area (Å²) in [6.07, 6.45) is 0. The van der Waals surface area contributed by atoms with Gasteiger partial charge in [0.15, 0.2) is 5.78 Å². The van der Waals surface area contributed by atoms with Crippen LogP contribution >= 0.6 is 0 Å². The number of ketones is 1. The van der Waals surface area contributed by atoms with Crippen molar-refractivity contribution in [1.29, 1.82) is 0 Å². The van der Waals surface area contributed by atoms with Crippen molar-refractivity contribution in [3.8, 4) is 28.4 Å². The fraction of sp³-hybridized carbons (Fsp3) is 0.150. The molecule has 0 amide bonds. The van der Waals surface area contributed by atoms with Crippen molar-refractivity contribution in [2.75, 3.05) is 0 Å². The van der Waals surface area contributed by atoms with E-state index in [1.165, 1.54) is 0 Å². The van der Waals surface area contributed by atoms with Gasteiger partial charge in [0.2, 0.25) is 0 Å². The number of furan rings is 1. The third kappa shape index (κ3) is 2.90. The highest BCUT2D eigenvalue weighted by atomic mass is 16.3. The summed E-state index contributed by atoms with van der Waals surface area (Å²) >= 11 is 0. The Balaban J connectivity index is 2.19. The summed E-state index contributed by atoms with van der Waals surface area (Å²) < 4.78 is 5.96. The number of carbonyl (C=O) groups is 1. The van der Waals surface area contributed by atoms with Gasteiger partial charge >= 0.3 is 0 Å². The van der Waals surface area contributed by atoms with Gasteiger partial charge in [-0.15, -0.1) is 0 Å². The minimum absolute atomic E-state index is 0.00539. The van der Waals surface area contributed by atoms with Gasteiger partial charge in [0.25, 0.3) is 0 Å². The molecule has 0 saturated carbocycles. The van der Waals surface area contributed by atoms with Crippen LogP contribution in [0, 0.1) is 5.92 Å². The molecule has 0 aliphatic heterocycles. The van der Waals surface area contributed by atoms with Crippen LogP contribution in [0.5, 0.6) is 5.75 Å². The normalized spacial score (nSPS) is 10.9. The van der Waals surface area contributed by atoms with Crippen LogP contribution in [0.25, 0.3) is 22.6 Å². The zero-order chi connectivity index (χ0) is 16.4. The Labute approximate surface area is 135 Å². The van der Waals surface area contributed by atoms with Crippen LogP contribution in [0.15, 0.2) is 65.1 Å². The minimum atomic E-state index is -0.152. The zero-order valence-corrected chi connectivity index (χ0v) is 13.1. The first-order valence-electron chi connectivity index (χ1n) is 7.59. The molecule has 3 heteroatoms. The second-order valence-corrected chi connectivity index (χ2v) is 5.76. The van der Waals surface area contributed by atoms with Crippen LogP contribution in [0.3, 0.4) is 0 Å². The second-order valence-electron chi connectivity index (χ2n) is 5.76. The topological polar surface area (TPSA) is 50.4 Å². The predicted molar refractivity (Wildman–Crippen MR) is 90.4 cm³/mol. The molecule has 3 rings (SSSR count). The molecule has 116 valence electrons. The van der Waals surface area contributed by atoms with Crippen molar-refractivity contribution in [2.24, 2.45) is 5.92 Å². The van der Waals surface area contributed by atoms with Gasteiger partial charge in [-0.1, -0.05) is 56.3 Å². The molecule has 0 radical (unpaired) electrons. The van der Waals surface area contributed by atoms with E-state index in [1.54, 1.807) is 24.3 Å². The minimum Gasteiger partial charge on any atom is -0.507 e. The fourth-order valence-electron chi connectivity index (χ4n) is 2.50. The smallest absolute Gasteiger partial charge is 0.169 e. The van der Waals surface area contributed by atoms with Crippen molar-refractivity contribution in [1.82, 2.24) is 0 Å². The van der Waals surface area contributed by atoms with Crippen LogP contribution in [0.1, 0.15) is 24.2 Å². The number of para-hydroxylation sites is 1. The highest BCUT2D eigenvalue weighted by molar-refractivity contribution is 6.03. The fourth-order valence-corrected chi connectivity index (χ4v) is 2.50. The number of carbonyl (C=O) groups excluding carboxylic acids is 1. The summed E-state index contributed by atoms with van der Waals surface area (Å²) in [5.74, 6) is 0.975. The largest absolute Gasteiger partial charge is 0.507 e. The molecule has 0 saturated heterocycles. The lowest BCUT2D eigenvalue weighted by molar-refractivity contribution is 0.0939. The molecule has 0 fully saturated rings. The lowest BCUT2D eigenvalue weighted by atomic mass is 9.97. The Hall–Kier alpha value is -2.81. The number of aromatic hydroxyl groups is 1. The molecule has 0 spiro atoms. The van der Waals surface area contributed by atoms with Crippen LogP contribution in [0.2, 0.25) is 0 Å². The van der Waals surface area contributed by atoms with Crippen molar-refractivity contribution >= 4 is 5.78 Å². The molecule has 3 aromatic rings. The summed E-state index contributed by atoms with van der Waals surface area (Å²) in [5.41, 5.74) is 1.92. The second kappa shape index (κ2) is 6.13. The van der Waals surface area contributed by atoms with Crippen LogP contribution in [-0.2, 0) is 0 Å². The number of Topliss-reactive ketones (excluding diaryl/α,β-unsaturated/α-hetero) is 1. The number of benzene rings is 2. The van der Waals surface area contributed by atoms with Crippen molar-refractivity contribution in [3.05, 3.63) is 66.2 Å². The lowest BCUT2D eigenvalue weighted by Gasteiger charge is -2.06. The molecule has 1 heterocycles. The third-order valence-corrected chi connectivity index (χ3v) is 3.73. The highest BCUT2D eigenvalue weighted by Gasteiger charge is 2.23. The average Bonchev–Trinajstić information content (AvgIpc) is 3.00. The van der Waals surface area contributed by atoms with Crippen LogP contribution < -0.4 is 0 Å². The Morgan fingerprint density at radius 2 is 1.65 bits per heavy atom. The molecule has 0 unspecified atom stereocenters. The van der Waals surface area contributed by atoms with Crippen LogP contribution in [-0.4, -0.2) is 10.9 Å². The number of hydrogen-bond donors (Lipinski definition) is 1. The quantitative estimate of drug-likeness (QED) is 0.677. The van der Waals surface area contributed by atoms with E-state index >= 15 is 0 Å². The van der Waals surface area contributed by atoms with Crippen LogP contribution in [0.4, 0.5) is 0 Å². The van der Waals surface area contributed by atoms with Gasteiger partial charge in [-0.2, -0.15) is 0 Å². The highest BCUT2D eigenvalue weighted by Crippen LogP contribution is 2.37. The Kier molecular flexibility index (Phi) is 4.02. The SMILES string of the molecule is CC(C)C(=O)c1cc(-c2ccccc2)oc1-c1ccccc1O. The van der Waals surface area contributed by atoms with E-state index in [2.05, 4.69) is 0 Å². The molecule has 23 heavy (non-hydrogen) atoms. The monoisotopic (exact) mass is 306 g/mol. The molecule has 0 aliphatic carbocycles. The predicted octanol–water partition coefficient (Wildman–Crippen LogP) is 5.16. The molecular formula is C20H18O3. The van der Waals surface area contributed by atoms with Gasteiger partial charge in [0.1, 0.15) is 17.3 Å². The van der Waals surface area contributed by atoms with Crippen molar-refractivity contribution in [3.63, 3.8) is 0 Å². The summed E-state index contributed by atoms with van der Waals surface area (Å²) in [6.45, 7) is 3.71. The van der Waals surface area contributed by atoms with E-state index in [0.29, 0.717) is 22.6 Å². The van der Waals surface area contributed by atoms with Gasteiger partial charge in [-0.3, -0.25) is 4.79 Å². The molecule has 3 nitrogen and oxygen atoms in total. The molecule has 2 aromatic carbocycles. The molecule has 1 aromatic heterocycles. The zero-order valence-electron chi connectivity index (χ0n) is 13.1. The first-order chi connectivity index (χ1) is 11.1. The number of phenols is 1. The van der Waals surface area contributed by atoms with E-state index in [4.69, 9.17) is 4.42 Å². The Morgan fingerprint density at radius 1 is 1.00 bits per heavy atom. The van der Waals surface area contributed by atoms with Crippen molar-refractivity contribution in [2.45, 2.75) is 13.8 Å². The first kappa shape index (κ1) is 15.1. The van der Waals surface area contributed by atoms with E-state index < -0.39 is 0 Å². The maximum atomic E-state index is 12.6. The maximum Gasteiger partial charge on any atom is 0.169 e. The average molecular weight is 306 g/mol. The number of rotatable bonds is 4. The number of phenolic OH excluding ortho intramolecular Hbond substituents is 1. The standard InChI is InChI=1S/C20H18O3/c1-13(2)19(22)16-12-18(14-8-4-3-5-9-14)23-20(16)15-10-6-7-11-17(15)21/h3-13,21H,1-2H3. The Bertz CT molecular complexity index is 829. The molecule has 0 atom stereocenters. The van der Waals surface area contributed by atoms with Gasteiger partial charge in [0.05, 0.1) is 11.1 Å². The lowest BCUT2D eigenvalue weighted by Crippen LogP contribution is -2.07. The van der Waals surface area contributed by atoms with Crippen molar-refractivity contribution < 1.29 is 14.3 Å². The first-order valence-corrected chi connectivity index (χ1v) is 7.59.